The molecule has 0 unspecified atom stereocenters. The van der Waals surface area contributed by atoms with Crippen molar-refractivity contribution in [1.29, 1.82) is 0 Å². The first kappa shape index (κ1) is 35.5. The van der Waals surface area contributed by atoms with Crippen molar-refractivity contribution in [1.82, 2.24) is 0 Å². The van der Waals surface area contributed by atoms with Gasteiger partial charge in [0.2, 0.25) is 0 Å². The van der Waals surface area contributed by atoms with Crippen LogP contribution < -0.4 is 0 Å². The summed E-state index contributed by atoms with van der Waals surface area (Å²) in [6.45, 7) is 6.06. The SMILES string of the molecule is CCCCCCCC[N+]1(C[Si](OC)(OC)OC)CCCC1.O=S(=O)([N-]S(=O)(=O)C(F)(F)F)C(F)(F)F. The molecule has 1 fully saturated rings. The highest BCUT2D eigenvalue weighted by Crippen LogP contribution is 2.36. The summed E-state index contributed by atoms with van der Waals surface area (Å²) in [5.74, 6) is 0. The number of likely N-dealkylation sites (tertiary alicyclic amines) is 1. The Morgan fingerprint density at radius 3 is 1.50 bits per heavy atom. The van der Waals surface area contributed by atoms with Gasteiger partial charge in [-0.1, -0.05) is 32.6 Å². The number of alkyl halides is 6. The molecule has 0 aromatic rings. The zero-order valence-corrected chi connectivity index (χ0v) is 23.5. The third-order valence-corrected chi connectivity index (χ3v) is 11.4. The molecule has 0 aromatic carbocycles. The topological polar surface area (TPSA) is 110 Å². The first-order valence-electron chi connectivity index (χ1n) is 11.2. The average molecular weight is 599 g/mol. The van der Waals surface area contributed by atoms with E-state index >= 15 is 0 Å². The molecule has 218 valence electrons. The van der Waals surface area contributed by atoms with Crippen LogP contribution in [0.1, 0.15) is 58.3 Å². The van der Waals surface area contributed by atoms with Crippen LogP contribution in [0.3, 0.4) is 0 Å². The van der Waals surface area contributed by atoms with Gasteiger partial charge in [-0.3, -0.25) is 0 Å². The summed E-state index contributed by atoms with van der Waals surface area (Å²) in [5, 5.41) is 0. The van der Waals surface area contributed by atoms with E-state index in [0.717, 1.165) is 14.8 Å². The molecule has 36 heavy (non-hydrogen) atoms. The first-order chi connectivity index (χ1) is 16.4. The highest BCUT2D eigenvalue weighted by atomic mass is 32.3. The van der Waals surface area contributed by atoms with Crippen molar-refractivity contribution in [3.8, 4) is 0 Å². The predicted octanol–water partition coefficient (Wildman–Crippen LogP) is 4.43. The normalized spacial score (nSPS) is 17.1. The minimum Gasteiger partial charge on any atom is -0.421 e. The maximum Gasteiger partial charge on any atom is 0.558 e. The molecule has 1 rings (SSSR count). The molecule has 0 radical (unpaired) electrons. The second-order valence-electron chi connectivity index (χ2n) is 8.36. The zero-order chi connectivity index (χ0) is 28.3. The molecule has 0 N–H and O–H groups in total. The van der Waals surface area contributed by atoms with E-state index in [2.05, 4.69) is 6.92 Å². The molecule has 1 saturated heterocycles. The van der Waals surface area contributed by atoms with Gasteiger partial charge in [0, 0.05) is 34.2 Å². The van der Waals surface area contributed by atoms with Gasteiger partial charge in [0.25, 0.3) is 0 Å². The van der Waals surface area contributed by atoms with Gasteiger partial charge in [-0.2, -0.15) is 26.3 Å². The lowest BCUT2D eigenvalue weighted by atomic mass is 10.1. The van der Waals surface area contributed by atoms with Gasteiger partial charge < -0.3 is 21.9 Å². The van der Waals surface area contributed by atoms with Crippen LogP contribution >= 0.6 is 0 Å². The Morgan fingerprint density at radius 1 is 0.750 bits per heavy atom. The Bertz CT molecular complexity index is 795. The Morgan fingerprint density at radius 2 is 1.14 bits per heavy atom. The van der Waals surface area contributed by atoms with E-state index in [0.29, 0.717) is 0 Å². The molecular weight excluding hydrogens is 562 g/mol. The summed E-state index contributed by atoms with van der Waals surface area (Å²) in [4.78, 5) is 0. The van der Waals surface area contributed by atoms with Gasteiger partial charge in [-0.25, -0.2) is 16.8 Å². The van der Waals surface area contributed by atoms with E-state index < -0.39 is 39.9 Å². The second kappa shape index (κ2) is 14.6. The van der Waals surface area contributed by atoms with Crippen molar-refractivity contribution in [2.24, 2.45) is 0 Å². The first-order valence-corrected chi connectivity index (χ1v) is 16.0. The fourth-order valence-corrected chi connectivity index (χ4v) is 7.66. The summed E-state index contributed by atoms with van der Waals surface area (Å²) in [6.07, 6.45) is 11.8. The quantitative estimate of drug-likeness (QED) is 0.126. The van der Waals surface area contributed by atoms with Crippen LogP contribution in [0.4, 0.5) is 26.3 Å². The molecule has 0 amide bonds. The van der Waals surface area contributed by atoms with Gasteiger partial charge in [-0.05, 0) is 12.8 Å². The van der Waals surface area contributed by atoms with E-state index in [-0.39, 0.29) is 0 Å². The molecule has 18 heteroatoms. The third kappa shape index (κ3) is 11.1. The molecule has 0 spiro atoms. The van der Waals surface area contributed by atoms with Crippen molar-refractivity contribution < 1.29 is 60.9 Å². The highest BCUT2D eigenvalue weighted by molar-refractivity contribution is 8.13. The lowest BCUT2D eigenvalue weighted by molar-refractivity contribution is -0.909. The Balaban J connectivity index is 0.000000723. The number of hydrogen-bond acceptors (Lipinski definition) is 7. The highest BCUT2D eigenvalue weighted by Gasteiger charge is 2.49. The van der Waals surface area contributed by atoms with E-state index in [1.165, 1.54) is 71.0 Å². The maximum atomic E-state index is 11.4. The van der Waals surface area contributed by atoms with Crippen molar-refractivity contribution in [2.75, 3.05) is 47.1 Å². The van der Waals surface area contributed by atoms with Crippen LogP contribution in [-0.4, -0.2) is 88.3 Å². The molecule has 1 heterocycles. The van der Waals surface area contributed by atoms with E-state index in [9.17, 15) is 43.2 Å². The Hall–Kier alpha value is -0.503. The summed E-state index contributed by atoms with van der Waals surface area (Å²) in [6, 6.07) is 0. The molecule has 9 nitrogen and oxygen atoms in total. The van der Waals surface area contributed by atoms with Crippen molar-refractivity contribution in [2.45, 2.75) is 69.3 Å². The van der Waals surface area contributed by atoms with Crippen LogP contribution in [0, 0.1) is 0 Å². The van der Waals surface area contributed by atoms with Crippen LogP contribution in [0.5, 0.6) is 0 Å². The number of sulfonamides is 2. The standard InChI is InChI=1S/C16H36NO3Si.C2F6NO4S2/c1-5-6-7-8-9-10-13-17(14-11-12-15-17)16-21(18-2,19-3)20-4;3-1(4,5)14(10,11)9-15(12,13)2(6,7)8/h5-16H2,1-4H3;/q+1;-1. The summed E-state index contributed by atoms with van der Waals surface area (Å²) >= 11 is 0. The van der Waals surface area contributed by atoms with Gasteiger partial charge >= 0.3 is 19.8 Å². The summed E-state index contributed by atoms with van der Waals surface area (Å²) in [5.41, 5.74) is -12.4. The van der Waals surface area contributed by atoms with Crippen LogP contribution in [0.25, 0.3) is 4.13 Å². The molecular formula is C18H36F6N2O7S2Si. The molecule has 0 aliphatic carbocycles. The molecule has 1 aliphatic rings. The van der Waals surface area contributed by atoms with E-state index in [1.807, 2.05) is 0 Å². The number of hydrogen-bond donors (Lipinski definition) is 0. The predicted molar refractivity (Wildman–Crippen MR) is 122 cm³/mol. The number of rotatable bonds is 14. The fraction of sp³-hybridized carbons (Fsp3) is 1.00. The van der Waals surface area contributed by atoms with Gasteiger partial charge in [0.15, 0.2) is 20.0 Å². The van der Waals surface area contributed by atoms with Crippen molar-refractivity contribution >= 4 is 28.9 Å². The lowest BCUT2D eigenvalue weighted by Crippen LogP contribution is -2.61. The van der Waals surface area contributed by atoms with Gasteiger partial charge in [0.1, 0.15) is 6.17 Å². The minimum atomic E-state index is -6.72. The molecule has 1 aliphatic heterocycles. The molecule has 0 bridgehead atoms. The smallest absolute Gasteiger partial charge is 0.421 e. The Labute approximate surface area is 210 Å². The largest absolute Gasteiger partial charge is 0.558 e. The maximum absolute atomic E-state index is 11.4. The second-order valence-corrected chi connectivity index (χ2v) is 14.7. The average Bonchev–Trinajstić information content (AvgIpc) is 3.21. The molecule has 0 atom stereocenters. The zero-order valence-electron chi connectivity index (χ0n) is 20.8. The van der Waals surface area contributed by atoms with Crippen LogP contribution in [0.2, 0.25) is 0 Å². The summed E-state index contributed by atoms with van der Waals surface area (Å²) in [7, 11) is -10.7. The number of unbranched alkanes of at least 4 members (excludes halogenated alkanes) is 5. The lowest BCUT2D eigenvalue weighted by Gasteiger charge is -2.39. The van der Waals surface area contributed by atoms with Gasteiger partial charge in [-0.15, -0.1) is 0 Å². The van der Waals surface area contributed by atoms with E-state index in [1.54, 1.807) is 21.3 Å². The third-order valence-electron chi connectivity index (χ3n) is 5.74. The van der Waals surface area contributed by atoms with Gasteiger partial charge in [0.05, 0.1) is 19.6 Å². The van der Waals surface area contributed by atoms with Crippen molar-refractivity contribution in [3.05, 3.63) is 4.13 Å². The van der Waals surface area contributed by atoms with E-state index in [4.69, 9.17) is 13.3 Å². The number of nitrogens with zero attached hydrogens (tertiary/aromatic N) is 2. The summed E-state index contributed by atoms with van der Waals surface area (Å²) < 4.78 is 127. The fourth-order valence-electron chi connectivity index (χ4n) is 3.76. The Kier molecular flexibility index (Phi) is 14.4. The molecule has 0 aromatic heterocycles. The van der Waals surface area contributed by atoms with Crippen LogP contribution in [-0.2, 0) is 33.3 Å². The van der Waals surface area contributed by atoms with Crippen molar-refractivity contribution in [3.63, 3.8) is 0 Å². The monoisotopic (exact) mass is 598 g/mol. The number of quaternary nitrogens is 1. The van der Waals surface area contributed by atoms with Crippen LogP contribution in [0.15, 0.2) is 0 Å². The number of halogens is 6. The minimum absolute atomic E-state index is 0.778. The molecule has 0 saturated carbocycles.